The highest BCUT2D eigenvalue weighted by molar-refractivity contribution is 5.83. The monoisotopic (exact) mass is 203 g/mol. The molecule has 0 aromatic heterocycles. The van der Waals surface area contributed by atoms with Crippen molar-refractivity contribution in [1.82, 2.24) is 0 Å². The Hall–Kier alpha value is -1.14. The quantitative estimate of drug-likeness (QED) is 0.301. The zero-order valence-electron chi connectivity index (χ0n) is 7.74. The maximum atomic E-state index is 10.9. The van der Waals surface area contributed by atoms with Crippen LogP contribution in [-0.4, -0.2) is 46.0 Å². The smallest absolute Gasteiger partial charge is 0.163 e. The van der Waals surface area contributed by atoms with Crippen molar-refractivity contribution in [1.29, 1.82) is 0 Å². The van der Waals surface area contributed by atoms with Crippen LogP contribution in [-0.2, 0) is 4.79 Å². The first-order chi connectivity index (χ1) is 6.54. The number of nitrogens with zero attached hydrogens (tertiary/aromatic N) is 3. The average molecular weight is 203 g/mol. The Morgan fingerprint density at radius 2 is 2.07 bits per heavy atom. The van der Waals surface area contributed by atoms with Crippen LogP contribution in [0, 0.1) is 0 Å². The van der Waals surface area contributed by atoms with Crippen molar-refractivity contribution in [3.05, 3.63) is 10.4 Å². The largest absolute Gasteiger partial charge is 0.390 e. The van der Waals surface area contributed by atoms with Crippen LogP contribution in [0.15, 0.2) is 5.11 Å². The van der Waals surface area contributed by atoms with E-state index in [1.165, 1.54) is 6.92 Å². The molecule has 80 valence electrons. The molecule has 0 spiro atoms. The van der Waals surface area contributed by atoms with Gasteiger partial charge in [0.15, 0.2) is 5.78 Å². The van der Waals surface area contributed by atoms with Gasteiger partial charge in [0.05, 0.1) is 12.6 Å². The molecular formula is C7H13N3O4. The van der Waals surface area contributed by atoms with Crippen LogP contribution < -0.4 is 0 Å². The molecule has 14 heavy (non-hydrogen) atoms. The summed E-state index contributed by atoms with van der Waals surface area (Å²) in [5.41, 5.74) is 7.93. The second-order valence-electron chi connectivity index (χ2n) is 2.74. The molecule has 0 saturated heterocycles. The van der Waals surface area contributed by atoms with Gasteiger partial charge in [-0.15, -0.1) is 0 Å². The Labute approximate surface area is 80.6 Å². The minimum atomic E-state index is -1.64. The predicted molar refractivity (Wildman–Crippen MR) is 47.3 cm³/mol. The summed E-state index contributed by atoms with van der Waals surface area (Å²) in [4.78, 5) is 13.3. The van der Waals surface area contributed by atoms with Gasteiger partial charge in [0.1, 0.15) is 12.2 Å². The number of hydrogen-bond donors (Lipinski definition) is 3. The highest BCUT2D eigenvalue weighted by atomic mass is 16.4. The van der Waals surface area contributed by atoms with Gasteiger partial charge < -0.3 is 15.3 Å². The van der Waals surface area contributed by atoms with Crippen molar-refractivity contribution in [3.8, 4) is 0 Å². The number of azide groups is 1. The van der Waals surface area contributed by atoms with Crippen molar-refractivity contribution in [2.45, 2.75) is 31.7 Å². The Kier molecular flexibility index (Phi) is 5.82. The highest BCUT2D eigenvalue weighted by Gasteiger charge is 2.28. The summed E-state index contributed by atoms with van der Waals surface area (Å²) in [5, 5.41) is 30.5. The zero-order chi connectivity index (χ0) is 11.1. The van der Waals surface area contributed by atoms with Crippen LogP contribution in [0.3, 0.4) is 0 Å². The first kappa shape index (κ1) is 12.9. The molecule has 3 atom stereocenters. The van der Waals surface area contributed by atoms with E-state index in [0.717, 1.165) is 0 Å². The lowest BCUT2D eigenvalue weighted by molar-refractivity contribution is -0.137. The molecule has 0 bridgehead atoms. The van der Waals surface area contributed by atoms with E-state index in [-0.39, 0.29) is 13.0 Å². The summed E-state index contributed by atoms with van der Waals surface area (Å²) >= 11 is 0. The number of carbonyl (C=O) groups is 1. The molecule has 0 amide bonds. The number of ketones is 1. The van der Waals surface area contributed by atoms with Gasteiger partial charge in [-0.25, -0.2) is 0 Å². The van der Waals surface area contributed by atoms with Crippen LogP contribution in [0.1, 0.15) is 13.3 Å². The van der Waals surface area contributed by atoms with Crippen molar-refractivity contribution in [2.24, 2.45) is 5.11 Å². The lowest BCUT2D eigenvalue weighted by Gasteiger charge is -2.20. The Balaban J connectivity index is 4.22. The third-order valence-electron chi connectivity index (χ3n) is 1.73. The Morgan fingerprint density at radius 3 is 2.50 bits per heavy atom. The molecular weight excluding hydrogens is 190 g/mol. The van der Waals surface area contributed by atoms with Gasteiger partial charge in [-0.1, -0.05) is 12.0 Å². The molecule has 0 fully saturated rings. The molecule has 0 radical (unpaired) electrons. The van der Waals surface area contributed by atoms with Gasteiger partial charge in [0.2, 0.25) is 0 Å². The van der Waals surface area contributed by atoms with Gasteiger partial charge >= 0.3 is 0 Å². The molecule has 0 rings (SSSR count). The summed E-state index contributed by atoms with van der Waals surface area (Å²) in [6, 6.07) is 0. The number of rotatable bonds is 6. The lowest BCUT2D eigenvalue weighted by Crippen LogP contribution is -2.43. The fraction of sp³-hybridized carbons (Fsp3) is 0.857. The third-order valence-corrected chi connectivity index (χ3v) is 1.73. The second kappa shape index (κ2) is 6.33. The average Bonchev–Trinajstić information content (AvgIpc) is 2.22. The van der Waals surface area contributed by atoms with Crippen LogP contribution in [0.25, 0.3) is 10.4 Å². The maximum absolute atomic E-state index is 10.9. The topological polar surface area (TPSA) is 127 Å². The number of aliphatic hydroxyl groups is 3. The molecule has 0 unspecified atom stereocenters. The van der Waals surface area contributed by atoms with Gasteiger partial charge in [0.25, 0.3) is 0 Å². The number of hydrogen-bond acceptors (Lipinski definition) is 5. The van der Waals surface area contributed by atoms with Crippen LogP contribution in [0.5, 0.6) is 0 Å². The summed E-state index contributed by atoms with van der Waals surface area (Å²) < 4.78 is 0. The van der Waals surface area contributed by atoms with E-state index in [2.05, 4.69) is 10.0 Å². The molecule has 0 aliphatic heterocycles. The molecule has 0 aliphatic carbocycles. The van der Waals surface area contributed by atoms with Gasteiger partial charge in [0, 0.05) is 11.3 Å². The minimum Gasteiger partial charge on any atom is -0.390 e. The highest BCUT2D eigenvalue weighted by Crippen LogP contribution is 2.04. The van der Waals surface area contributed by atoms with Crippen molar-refractivity contribution < 1.29 is 20.1 Å². The molecule has 3 N–H and O–H groups in total. The van der Waals surface area contributed by atoms with E-state index >= 15 is 0 Å². The normalized spacial score (nSPS) is 16.6. The van der Waals surface area contributed by atoms with E-state index in [1.807, 2.05) is 0 Å². The van der Waals surface area contributed by atoms with Gasteiger partial charge in [-0.3, -0.25) is 4.79 Å². The maximum Gasteiger partial charge on any atom is 0.163 e. The molecule has 0 saturated carbocycles. The van der Waals surface area contributed by atoms with Crippen molar-refractivity contribution in [3.63, 3.8) is 0 Å². The van der Waals surface area contributed by atoms with Gasteiger partial charge in [-0.2, -0.15) is 0 Å². The first-order valence-corrected chi connectivity index (χ1v) is 4.12. The van der Waals surface area contributed by atoms with E-state index in [1.54, 1.807) is 0 Å². The minimum absolute atomic E-state index is 0.0620. The Morgan fingerprint density at radius 1 is 1.50 bits per heavy atom. The lowest BCUT2D eigenvalue weighted by atomic mass is 10.0. The molecule has 7 nitrogen and oxygen atoms in total. The standard InChI is InChI=1S/C7H13N3O4/c1-2-4(11)6(13)7(14)5(12)3-9-10-8/h5-7,12-14H,2-3H2,1H3/t5-,6+,7+/m0/s1. The van der Waals surface area contributed by atoms with Crippen molar-refractivity contribution in [2.75, 3.05) is 6.54 Å². The zero-order valence-corrected chi connectivity index (χ0v) is 7.74. The van der Waals surface area contributed by atoms with E-state index < -0.39 is 24.1 Å². The number of carbonyl (C=O) groups excluding carboxylic acids is 1. The fourth-order valence-electron chi connectivity index (χ4n) is 0.838. The fourth-order valence-corrected chi connectivity index (χ4v) is 0.838. The van der Waals surface area contributed by atoms with Crippen LogP contribution in [0.2, 0.25) is 0 Å². The number of Topliss-reactive ketones (excluding diaryl/α,β-unsaturated/α-hetero) is 1. The molecule has 0 aromatic carbocycles. The van der Waals surface area contributed by atoms with E-state index in [9.17, 15) is 9.90 Å². The van der Waals surface area contributed by atoms with Crippen molar-refractivity contribution >= 4 is 5.78 Å². The van der Waals surface area contributed by atoms with E-state index in [4.69, 9.17) is 15.7 Å². The third kappa shape index (κ3) is 3.71. The summed E-state index contributed by atoms with van der Waals surface area (Å²) in [7, 11) is 0. The molecule has 7 heteroatoms. The second-order valence-corrected chi connectivity index (χ2v) is 2.74. The first-order valence-electron chi connectivity index (χ1n) is 4.12. The SMILES string of the molecule is CCC(=O)[C@@H](O)[C@H](O)[C@@H](O)CN=[N+]=[N-]. The van der Waals surface area contributed by atoms with Gasteiger partial charge in [-0.05, 0) is 5.53 Å². The summed E-state index contributed by atoms with van der Waals surface area (Å²) in [6.45, 7) is 1.14. The summed E-state index contributed by atoms with van der Waals surface area (Å²) in [6.07, 6.45) is -4.62. The van der Waals surface area contributed by atoms with Crippen LogP contribution >= 0.6 is 0 Å². The van der Waals surface area contributed by atoms with Crippen LogP contribution in [0.4, 0.5) is 0 Å². The molecule has 0 aromatic rings. The number of aliphatic hydroxyl groups excluding tert-OH is 3. The van der Waals surface area contributed by atoms with E-state index in [0.29, 0.717) is 0 Å². The molecule has 0 heterocycles. The summed E-state index contributed by atoms with van der Waals surface area (Å²) in [5.74, 6) is -0.572. The molecule has 0 aliphatic rings. The Bertz CT molecular complexity index is 239. The predicted octanol–water partition coefficient (Wildman–Crippen LogP) is -0.642.